The highest BCUT2D eigenvalue weighted by atomic mass is 16.5. The number of anilines is 1. The highest BCUT2D eigenvalue weighted by molar-refractivity contribution is 5.80. The van der Waals surface area contributed by atoms with Crippen LogP contribution in [0.1, 0.15) is 19.5 Å². The van der Waals surface area contributed by atoms with Gasteiger partial charge in [-0.1, -0.05) is 13.8 Å². The maximum atomic E-state index is 11.3. The molecule has 6 nitrogen and oxygen atoms in total. The first kappa shape index (κ1) is 15.0. The Morgan fingerprint density at radius 3 is 2.57 bits per heavy atom. The average molecular weight is 289 g/mol. The zero-order valence-corrected chi connectivity index (χ0v) is 12.5. The van der Waals surface area contributed by atoms with E-state index >= 15 is 0 Å². The molecule has 1 aromatic heterocycles. The van der Waals surface area contributed by atoms with Gasteiger partial charge in [0.1, 0.15) is 17.6 Å². The van der Waals surface area contributed by atoms with Crippen LogP contribution in [0.4, 0.5) is 5.82 Å². The first-order valence-electron chi connectivity index (χ1n) is 6.74. The van der Waals surface area contributed by atoms with E-state index in [4.69, 9.17) is 4.74 Å². The second kappa shape index (κ2) is 5.95. The molecule has 6 heteroatoms. The van der Waals surface area contributed by atoms with Gasteiger partial charge in [-0.25, -0.2) is 14.8 Å². The fourth-order valence-electron chi connectivity index (χ4n) is 2.05. The van der Waals surface area contributed by atoms with Crippen molar-refractivity contribution in [1.29, 1.82) is 0 Å². The lowest BCUT2D eigenvalue weighted by Gasteiger charge is -2.19. The van der Waals surface area contributed by atoms with Crippen LogP contribution in [-0.2, 0) is 4.79 Å². The van der Waals surface area contributed by atoms with E-state index in [1.54, 1.807) is 32.2 Å². The van der Waals surface area contributed by atoms with Gasteiger partial charge in [0.15, 0.2) is 0 Å². The summed E-state index contributed by atoms with van der Waals surface area (Å²) in [5.74, 6) is 0.243. The molecule has 0 saturated heterocycles. The van der Waals surface area contributed by atoms with E-state index in [-0.39, 0.29) is 5.92 Å². The maximum Gasteiger partial charge on any atom is 0.326 e. The van der Waals surface area contributed by atoms with E-state index in [0.717, 1.165) is 0 Å². The third-order valence-electron chi connectivity index (χ3n) is 3.27. The van der Waals surface area contributed by atoms with E-state index in [9.17, 15) is 9.90 Å². The largest absolute Gasteiger partial charge is 0.497 e. The van der Waals surface area contributed by atoms with Crippen LogP contribution in [-0.4, -0.2) is 34.2 Å². The number of carbonyl (C=O) groups is 1. The van der Waals surface area contributed by atoms with Crippen LogP contribution in [0.2, 0.25) is 0 Å². The quantitative estimate of drug-likeness (QED) is 0.879. The van der Waals surface area contributed by atoms with Crippen molar-refractivity contribution in [2.45, 2.75) is 26.8 Å². The zero-order chi connectivity index (χ0) is 15.6. The molecule has 1 aromatic carbocycles. The molecule has 0 bridgehead atoms. The summed E-state index contributed by atoms with van der Waals surface area (Å²) in [5.41, 5.74) is 2.06. The number of aliphatic carboxylic acids is 1. The van der Waals surface area contributed by atoms with Crippen molar-refractivity contribution in [3.05, 3.63) is 23.9 Å². The Kier molecular flexibility index (Phi) is 4.26. The number of rotatable bonds is 5. The van der Waals surface area contributed by atoms with Crippen molar-refractivity contribution >= 4 is 22.8 Å². The van der Waals surface area contributed by atoms with Crippen molar-refractivity contribution in [2.24, 2.45) is 5.92 Å². The van der Waals surface area contributed by atoms with Gasteiger partial charge in [-0.05, 0) is 25.0 Å². The summed E-state index contributed by atoms with van der Waals surface area (Å²) in [5, 5.41) is 12.2. The Hall–Kier alpha value is -2.37. The number of nitrogens with zero attached hydrogens (tertiary/aromatic N) is 2. The van der Waals surface area contributed by atoms with Crippen LogP contribution in [0, 0.1) is 12.8 Å². The molecule has 21 heavy (non-hydrogen) atoms. The molecule has 0 aliphatic heterocycles. The Bertz CT molecular complexity index is 671. The highest BCUT2D eigenvalue weighted by Gasteiger charge is 2.22. The number of ether oxygens (including phenoxy) is 1. The number of nitrogens with one attached hydrogen (secondary N) is 1. The van der Waals surface area contributed by atoms with Gasteiger partial charge in [-0.2, -0.15) is 0 Å². The Morgan fingerprint density at radius 2 is 2.00 bits per heavy atom. The van der Waals surface area contributed by atoms with Gasteiger partial charge in [0, 0.05) is 6.07 Å². The molecular weight excluding hydrogens is 270 g/mol. The molecule has 0 unspecified atom stereocenters. The maximum absolute atomic E-state index is 11.3. The molecule has 2 N–H and O–H groups in total. The Morgan fingerprint density at radius 1 is 1.29 bits per heavy atom. The molecule has 1 atom stereocenters. The normalized spacial score (nSPS) is 12.4. The number of hydrogen-bond acceptors (Lipinski definition) is 5. The molecular formula is C15H19N3O3. The third-order valence-corrected chi connectivity index (χ3v) is 3.27. The van der Waals surface area contributed by atoms with Gasteiger partial charge in [0.25, 0.3) is 0 Å². The molecule has 0 amide bonds. The van der Waals surface area contributed by atoms with Gasteiger partial charge in [-0.15, -0.1) is 0 Å². The number of hydrogen-bond donors (Lipinski definition) is 2. The van der Waals surface area contributed by atoms with Crippen LogP contribution in [0.15, 0.2) is 18.2 Å². The van der Waals surface area contributed by atoms with E-state index in [2.05, 4.69) is 15.3 Å². The lowest BCUT2D eigenvalue weighted by molar-refractivity contribution is -0.138. The monoisotopic (exact) mass is 289 g/mol. The molecule has 2 aromatic rings. The van der Waals surface area contributed by atoms with Crippen molar-refractivity contribution in [1.82, 2.24) is 9.97 Å². The summed E-state index contributed by atoms with van der Waals surface area (Å²) in [7, 11) is 1.59. The van der Waals surface area contributed by atoms with E-state index < -0.39 is 12.0 Å². The molecule has 0 radical (unpaired) electrons. The number of aromatic nitrogens is 2. The van der Waals surface area contributed by atoms with Crippen LogP contribution in [0.5, 0.6) is 5.75 Å². The van der Waals surface area contributed by atoms with Gasteiger partial charge in [0.05, 0.1) is 23.8 Å². The predicted octanol–water partition coefficient (Wildman–Crippen LogP) is 2.47. The topological polar surface area (TPSA) is 84.3 Å². The fraction of sp³-hybridized carbons (Fsp3) is 0.400. The number of carboxylic acid groups (broad SMARTS) is 1. The molecule has 2 rings (SSSR count). The summed E-state index contributed by atoms with van der Waals surface area (Å²) in [6, 6.07) is 4.70. The van der Waals surface area contributed by atoms with Crippen LogP contribution < -0.4 is 10.1 Å². The molecule has 0 aliphatic carbocycles. The van der Waals surface area contributed by atoms with Crippen LogP contribution >= 0.6 is 0 Å². The van der Waals surface area contributed by atoms with Crippen molar-refractivity contribution in [3.8, 4) is 5.75 Å². The first-order valence-corrected chi connectivity index (χ1v) is 6.74. The SMILES string of the molecule is COc1ccc2nc(N[C@@H](C(=O)O)C(C)C)c(C)nc2c1. The average Bonchev–Trinajstić information content (AvgIpc) is 2.43. The van der Waals surface area contributed by atoms with Gasteiger partial charge < -0.3 is 15.2 Å². The van der Waals surface area contributed by atoms with E-state index in [0.29, 0.717) is 28.3 Å². The number of methoxy groups -OCH3 is 1. The lowest BCUT2D eigenvalue weighted by atomic mass is 10.0. The highest BCUT2D eigenvalue weighted by Crippen LogP contribution is 2.22. The van der Waals surface area contributed by atoms with Crippen molar-refractivity contribution in [3.63, 3.8) is 0 Å². The smallest absolute Gasteiger partial charge is 0.326 e. The van der Waals surface area contributed by atoms with Crippen molar-refractivity contribution in [2.75, 3.05) is 12.4 Å². The summed E-state index contributed by atoms with van der Waals surface area (Å²) in [4.78, 5) is 20.2. The number of aryl methyl sites for hydroxylation is 1. The third kappa shape index (κ3) is 3.21. The van der Waals surface area contributed by atoms with E-state index in [1.807, 2.05) is 13.8 Å². The second-order valence-corrected chi connectivity index (χ2v) is 5.22. The summed E-state index contributed by atoms with van der Waals surface area (Å²) < 4.78 is 5.16. The van der Waals surface area contributed by atoms with Gasteiger partial charge in [0.2, 0.25) is 0 Å². The predicted molar refractivity (Wildman–Crippen MR) is 80.7 cm³/mol. The minimum Gasteiger partial charge on any atom is -0.497 e. The Balaban J connectivity index is 2.41. The number of carboxylic acids is 1. The van der Waals surface area contributed by atoms with Crippen molar-refractivity contribution < 1.29 is 14.6 Å². The fourth-order valence-corrected chi connectivity index (χ4v) is 2.05. The van der Waals surface area contributed by atoms with Crippen LogP contribution in [0.3, 0.4) is 0 Å². The van der Waals surface area contributed by atoms with Gasteiger partial charge in [-0.3, -0.25) is 0 Å². The number of fused-ring (bicyclic) bond motifs is 1. The summed E-state index contributed by atoms with van der Waals surface area (Å²) in [6.45, 7) is 5.49. The minimum atomic E-state index is -0.902. The number of benzene rings is 1. The molecule has 0 spiro atoms. The standard InChI is InChI=1S/C15H19N3O3/c1-8(2)13(15(19)20)18-14-9(3)16-12-7-10(21-4)5-6-11(12)17-14/h5-8,13H,1-4H3,(H,17,18)(H,19,20)/t13-/m1/s1. The summed E-state index contributed by atoms with van der Waals surface area (Å²) >= 11 is 0. The molecule has 0 fully saturated rings. The van der Waals surface area contributed by atoms with Gasteiger partial charge >= 0.3 is 5.97 Å². The minimum absolute atomic E-state index is 0.0599. The van der Waals surface area contributed by atoms with Crippen LogP contribution in [0.25, 0.3) is 11.0 Å². The van der Waals surface area contributed by atoms with E-state index in [1.165, 1.54) is 0 Å². The molecule has 0 aliphatic rings. The lowest BCUT2D eigenvalue weighted by Crippen LogP contribution is -2.35. The second-order valence-electron chi connectivity index (χ2n) is 5.22. The molecule has 112 valence electrons. The summed E-state index contributed by atoms with van der Waals surface area (Å²) in [6.07, 6.45) is 0. The molecule has 1 heterocycles. The zero-order valence-electron chi connectivity index (χ0n) is 12.5. The molecule has 0 saturated carbocycles. The Labute approximate surface area is 123 Å². The first-order chi connectivity index (χ1) is 9.92.